The third-order valence-corrected chi connectivity index (χ3v) is 1.04. The SMILES string of the molecule is N=S1C=CN=N1. The van der Waals surface area contributed by atoms with Gasteiger partial charge in [0.05, 0.1) is 17.1 Å². The van der Waals surface area contributed by atoms with Gasteiger partial charge in [0.15, 0.2) is 0 Å². The van der Waals surface area contributed by atoms with Gasteiger partial charge in [0.25, 0.3) is 0 Å². The van der Waals surface area contributed by atoms with Crippen molar-refractivity contribution < 1.29 is 0 Å². The van der Waals surface area contributed by atoms with Crippen LogP contribution in [0.4, 0.5) is 0 Å². The van der Waals surface area contributed by atoms with Gasteiger partial charge < -0.3 is 0 Å². The van der Waals surface area contributed by atoms with Crippen molar-refractivity contribution in [3.63, 3.8) is 0 Å². The van der Waals surface area contributed by atoms with Crippen molar-refractivity contribution in [3.05, 3.63) is 11.6 Å². The summed E-state index contributed by atoms with van der Waals surface area (Å²) in [5.74, 6) is 0. The Morgan fingerprint density at radius 2 is 2.50 bits per heavy atom. The molecule has 0 amide bonds. The van der Waals surface area contributed by atoms with Crippen LogP contribution in [0.15, 0.2) is 21.2 Å². The summed E-state index contributed by atoms with van der Waals surface area (Å²) in [7, 11) is -0.645. The van der Waals surface area contributed by atoms with Gasteiger partial charge in [0.1, 0.15) is 0 Å². The maximum atomic E-state index is 6.81. The van der Waals surface area contributed by atoms with E-state index in [1.165, 1.54) is 6.20 Å². The summed E-state index contributed by atoms with van der Waals surface area (Å²) in [6.07, 6.45) is 1.54. The molecule has 0 fully saturated rings. The second-order valence-corrected chi connectivity index (χ2v) is 1.86. The van der Waals surface area contributed by atoms with Gasteiger partial charge in [-0.3, -0.25) is 4.78 Å². The zero-order chi connectivity index (χ0) is 4.41. The summed E-state index contributed by atoms with van der Waals surface area (Å²) in [6, 6.07) is 0. The molecule has 0 aromatic carbocycles. The number of nitrogens with zero attached hydrogens (tertiary/aromatic N) is 2. The molecular weight excluding hydrogens is 98.1 g/mol. The van der Waals surface area contributed by atoms with Crippen LogP contribution in [0.1, 0.15) is 0 Å². The Kier molecular flexibility index (Phi) is 0.795. The quantitative estimate of drug-likeness (QED) is 0.477. The van der Waals surface area contributed by atoms with Gasteiger partial charge in [-0.25, -0.2) is 0 Å². The largest absolute Gasteiger partial charge is 0.254 e. The number of nitrogens with one attached hydrogen (secondary N) is 1. The minimum absolute atomic E-state index is 0.645. The molecule has 1 atom stereocenters. The molecule has 1 aliphatic rings. The maximum absolute atomic E-state index is 6.81. The number of rotatable bonds is 0. The Balaban J connectivity index is 2.86. The molecule has 4 heteroatoms. The van der Waals surface area contributed by atoms with E-state index >= 15 is 0 Å². The van der Waals surface area contributed by atoms with Crippen LogP contribution >= 0.6 is 0 Å². The predicted molar refractivity (Wildman–Crippen MR) is 24.1 cm³/mol. The zero-order valence-electron chi connectivity index (χ0n) is 2.96. The summed E-state index contributed by atoms with van der Waals surface area (Å²) in [4.78, 5) is 0. The fraction of sp³-hybridized carbons (Fsp3) is 0. The second-order valence-electron chi connectivity index (χ2n) is 0.797. The van der Waals surface area contributed by atoms with E-state index in [1.54, 1.807) is 5.41 Å². The average molecular weight is 101 g/mol. The van der Waals surface area contributed by atoms with Crippen molar-refractivity contribution in [2.45, 2.75) is 0 Å². The summed E-state index contributed by atoms with van der Waals surface area (Å²) < 4.78 is 10.3. The Morgan fingerprint density at radius 1 is 1.67 bits per heavy atom. The van der Waals surface area contributed by atoms with Gasteiger partial charge in [0.2, 0.25) is 0 Å². The first-order valence-corrected chi connectivity index (χ1v) is 2.66. The molecular formula is C2H3N3S. The summed E-state index contributed by atoms with van der Waals surface area (Å²) in [5.41, 5.74) is 0. The lowest BCUT2D eigenvalue weighted by atomic mass is 11.1. The van der Waals surface area contributed by atoms with E-state index in [9.17, 15) is 0 Å². The van der Waals surface area contributed by atoms with Crippen LogP contribution in [0.5, 0.6) is 0 Å². The Bertz CT molecular complexity index is 111. The molecule has 0 aliphatic carbocycles. The van der Waals surface area contributed by atoms with Crippen molar-refractivity contribution in [3.8, 4) is 0 Å². The molecule has 1 rings (SSSR count). The topological polar surface area (TPSA) is 48.6 Å². The normalized spacial score (nSPS) is 29.0. The lowest BCUT2D eigenvalue weighted by Crippen LogP contribution is -1.58. The van der Waals surface area contributed by atoms with Gasteiger partial charge in [-0.2, -0.15) is 0 Å². The van der Waals surface area contributed by atoms with Gasteiger partial charge in [0, 0.05) is 5.41 Å². The molecule has 6 heavy (non-hydrogen) atoms. The number of hydrogen-bond acceptors (Lipinski definition) is 2. The smallest absolute Gasteiger partial charge is 0.0609 e. The maximum Gasteiger partial charge on any atom is 0.0609 e. The van der Waals surface area contributed by atoms with Crippen molar-refractivity contribution in [2.75, 3.05) is 0 Å². The first-order chi connectivity index (χ1) is 2.89. The van der Waals surface area contributed by atoms with Crippen LogP contribution in [0, 0.1) is 4.78 Å². The molecule has 1 N–H and O–H groups in total. The first kappa shape index (κ1) is 3.67. The van der Waals surface area contributed by atoms with Crippen molar-refractivity contribution in [2.24, 2.45) is 9.63 Å². The van der Waals surface area contributed by atoms with Gasteiger partial charge in [-0.15, -0.1) is 9.63 Å². The molecule has 0 spiro atoms. The molecule has 0 saturated carbocycles. The van der Waals surface area contributed by atoms with Gasteiger partial charge in [-0.05, 0) is 0 Å². The van der Waals surface area contributed by atoms with Gasteiger partial charge in [-0.1, -0.05) is 0 Å². The molecule has 1 heterocycles. The standard InChI is InChI=1S/C2H3N3S/c3-6-2-1-4-5-6/h1-3H. The lowest BCUT2D eigenvalue weighted by molar-refractivity contribution is 1.36. The highest BCUT2D eigenvalue weighted by atomic mass is 32.2. The molecule has 0 aromatic rings. The van der Waals surface area contributed by atoms with Crippen LogP contribution < -0.4 is 0 Å². The molecule has 0 bridgehead atoms. The molecule has 32 valence electrons. The van der Waals surface area contributed by atoms with E-state index in [0.29, 0.717) is 0 Å². The molecule has 0 aromatic heterocycles. The Labute approximate surface area is 37.8 Å². The van der Waals surface area contributed by atoms with Crippen LogP contribution in [0.25, 0.3) is 0 Å². The van der Waals surface area contributed by atoms with E-state index in [0.717, 1.165) is 0 Å². The summed E-state index contributed by atoms with van der Waals surface area (Å²) in [6.45, 7) is 0. The Morgan fingerprint density at radius 3 is 2.67 bits per heavy atom. The molecule has 1 aliphatic heterocycles. The highest BCUT2D eigenvalue weighted by Gasteiger charge is 1.84. The Hall–Kier alpha value is -0.510. The number of hydrogen-bond donors (Lipinski definition) is 1. The fourth-order valence-electron chi connectivity index (χ4n) is 0.190. The van der Waals surface area contributed by atoms with E-state index in [4.69, 9.17) is 4.78 Å². The van der Waals surface area contributed by atoms with E-state index < -0.39 is 10.9 Å². The van der Waals surface area contributed by atoms with E-state index in [1.807, 2.05) is 0 Å². The highest BCUT2D eigenvalue weighted by molar-refractivity contribution is 7.87. The minimum atomic E-state index is -0.645. The third-order valence-electron chi connectivity index (χ3n) is 0.392. The van der Waals surface area contributed by atoms with Crippen molar-refractivity contribution >= 4 is 10.9 Å². The minimum Gasteiger partial charge on any atom is -0.254 e. The first-order valence-electron chi connectivity index (χ1n) is 1.41. The summed E-state index contributed by atoms with van der Waals surface area (Å²) >= 11 is 0. The molecule has 1 unspecified atom stereocenters. The summed E-state index contributed by atoms with van der Waals surface area (Å²) in [5, 5.41) is 5.07. The van der Waals surface area contributed by atoms with E-state index in [-0.39, 0.29) is 0 Å². The average Bonchev–Trinajstić information content (AvgIpc) is 1.86. The van der Waals surface area contributed by atoms with Crippen LogP contribution in [0.2, 0.25) is 0 Å². The van der Waals surface area contributed by atoms with Crippen LogP contribution in [-0.4, -0.2) is 0 Å². The lowest BCUT2D eigenvalue weighted by Gasteiger charge is -1.68. The third kappa shape index (κ3) is 0.514. The second kappa shape index (κ2) is 1.30. The highest BCUT2D eigenvalue weighted by Crippen LogP contribution is 1.97. The monoisotopic (exact) mass is 101 g/mol. The van der Waals surface area contributed by atoms with Crippen molar-refractivity contribution in [1.82, 2.24) is 0 Å². The molecule has 0 saturated heterocycles. The molecule has 0 radical (unpaired) electrons. The molecule has 3 nitrogen and oxygen atoms in total. The van der Waals surface area contributed by atoms with Crippen molar-refractivity contribution in [1.29, 1.82) is 4.78 Å². The van der Waals surface area contributed by atoms with Gasteiger partial charge >= 0.3 is 0 Å². The van der Waals surface area contributed by atoms with E-state index in [2.05, 4.69) is 9.63 Å². The van der Waals surface area contributed by atoms with Crippen LogP contribution in [0.3, 0.4) is 0 Å². The zero-order valence-corrected chi connectivity index (χ0v) is 3.77. The fourth-order valence-corrected chi connectivity index (χ4v) is 0.570. The van der Waals surface area contributed by atoms with Crippen LogP contribution in [-0.2, 0) is 10.9 Å². The predicted octanol–water partition coefficient (Wildman–Crippen LogP) is 1.22.